The molecule has 2 saturated heterocycles. The van der Waals surface area contributed by atoms with Gasteiger partial charge in [0.25, 0.3) is 0 Å². The summed E-state index contributed by atoms with van der Waals surface area (Å²) in [7, 11) is 0. The first-order chi connectivity index (χ1) is 20.1. The number of guanidine groups is 2. The van der Waals surface area contributed by atoms with Gasteiger partial charge in [-0.25, -0.2) is 0 Å². The number of benzene rings is 2. The lowest BCUT2D eigenvalue weighted by Gasteiger charge is -2.37. The summed E-state index contributed by atoms with van der Waals surface area (Å²) < 4.78 is 0. The molecule has 5 rings (SSSR count). The molecule has 0 spiro atoms. The lowest BCUT2D eigenvalue weighted by Crippen LogP contribution is -2.52. The summed E-state index contributed by atoms with van der Waals surface area (Å²) in [6.45, 7) is 10.4. The predicted octanol–water partition coefficient (Wildman–Crippen LogP) is 4.82. The topological polar surface area (TPSA) is 75.2 Å². The van der Waals surface area contributed by atoms with Crippen molar-refractivity contribution >= 4 is 11.9 Å². The minimum atomic E-state index is 0.337. The molecule has 0 bridgehead atoms. The summed E-state index contributed by atoms with van der Waals surface area (Å²) >= 11 is 0. The number of hydrogen-bond donors (Lipinski definition) is 2. The van der Waals surface area contributed by atoms with E-state index in [4.69, 9.17) is 5.73 Å². The molecule has 0 saturated carbocycles. The van der Waals surface area contributed by atoms with Gasteiger partial charge in [-0.1, -0.05) is 87.4 Å². The minimum Gasteiger partial charge on any atom is -0.370 e. The molecule has 3 N–H and O–H groups in total. The van der Waals surface area contributed by atoms with Crippen LogP contribution in [0.1, 0.15) is 63.5 Å². The molecular weight excluding hydrogens is 506 g/mol. The van der Waals surface area contributed by atoms with Gasteiger partial charge in [0.2, 0.25) is 0 Å². The van der Waals surface area contributed by atoms with E-state index in [-0.39, 0.29) is 0 Å². The molecule has 0 aromatic heterocycles. The summed E-state index contributed by atoms with van der Waals surface area (Å²) in [5, 5.41) is 9.30. The van der Waals surface area contributed by atoms with Gasteiger partial charge in [0.1, 0.15) is 0 Å². The highest BCUT2D eigenvalue weighted by molar-refractivity contribution is 5.80. The van der Waals surface area contributed by atoms with Crippen LogP contribution in [0.5, 0.6) is 0 Å². The van der Waals surface area contributed by atoms with Gasteiger partial charge in [-0.3, -0.25) is 15.3 Å². The third-order valence-electron chi connectivity index (χ3n) is 9.39. The van der Waals surface area contributed by atoms with Crippen LogP contribution in [0, 0.1) is 5.41 Å². The summed E-state index contributed by atoms with van der Waals surface area (Å²) in [6.07, 6.45) is 8.97. The maximum Gasteiger partial charge on any atom is 0.194 e. The second kappa shape index (κ2) is 14.2. The SMILES string of the molecule is CCCCN1C(=N)N(C(CCC)CN2CCCC2CN2C(N)=NCC2Cc2ccccc2)CC1Cc1ccccc1. The Kier molecular flexibility index (Phi) is 10.2. The van der Waals surface area contributed by atoms with E-state index in [2.05, 4.69) is 99.1 Å². The zero-order valence-corrected chi connectivity index (χ0v) is 25.3. The van der Waals surface area contributed by atoms with Crippen molar-refractivity contribution in [3.63, 3.8) is 0 Å². The van der Waals surface area contributed by atoms with Crippen LogP contribution in [-0.4, -0.2) is 95.0 Å². The number of likely N-dealkylation sites (tertiary alicyclic amines) is 1. The Bertz CT molecular complexity index is 1120. The third kappa shape index (κ3) is 7.24. The van der Waals surface area contributed by atoms with Crippen molar-refractivity contribution in [2.24, 2.45) is 10.7 Å². The second-order valence-corrected chi connectivity index (χ2v) is 12.3. The van der Waals surface area contributed by atoms with Gasteiger partial charge in [-0.05, 0) is 56.2 Å². The van der Waals surface area contributed by atoms with Crippen molar-refractivity contribution in [1.82, 2.24) is 19.6 Å². The molecule has 0 aliphatic carbocycles. The number of hydrogen-bond acceptors (Lipinski definition) is 5. The van der Waals surface area contributed by atoms with E-state index in [1.54, 1.807) is 0 Å². The molecule has 41 heavy (non-hydrogen) atoms. The van der Waals surface area contributed by atoms with Crippen LogP contribution in [-0.2, 0) is 12.8 Å². The van der Waals surface area contributed by atoms with Crippen molar-refractivity contribution in [1.29, 1.82) is 5.41 Å². The van der Waals surface area contributed by atoms with Crippen molar-refractivity contribution in [3.05, 3.63) is 71.8 Å². The minimum absolute atomic E-state index is 0.337. The number of rotatable bonds is 14. The van der Waals surface area contributed by atoms with E-state index in [1.807, 2.05) is 0 Å². The maximum atomic E-state index is 9.30. The molecule has 3 aliphatic rings. The quantitative estimate of drug-likeness (QED) is 0.348. The van der Waals surface area contributed by atoms with Crippen LogP contribution in [0.3, 0.4) is 0 Å². The van der Waals surface area contributed by atoms with Crippen LogP contribution >= 0.6 is 0 Å². The Morgan fingerprint density at radius 1 is 0.902 bits per heavy atom. The van der Waals surface area contributed by atoms with Crippen LogP contribution in [0.2, 0.25) is 0 Å². The highest BCUT2D eigenvalue weighted by atomic mass is 15.5. The fourth-order valence-electron chi connectivity index (χ4n) is 7.15. The summed E-state index contributed by atoms with van der Waals surface area (Å²) in [5.74, 6) is 1.45. The molecule has 2 fully saturated rings. The fraction of sp³-hybridized carbons (Fsp3) is 0.588. The average molecular weight is 558 g/mol. The summed E-state index contributed by atoms with van der Waals surface area (Å²) in [4.78, 5) is 14.6. The molecule has 7 nitrogen and oxygen atoms in total. The molecule has 0 amide bonds. The van der Waals surface area contributed by atoms with Crippen molar-refractivity contribution in [2.75, 3.05) is 39.3 Å². The zero-order valence-electron chi connectivity index (χ0n) is 25.3. The lowest BCUT2D eigenvalue weighted by molar-refractivity contribution is 0.153. The van der Waals surface area contributed by atoms with Crippen LogP contribution in [0.25, 0.3) is 0 Å². The van der Waals surface area contributed by atoms with Crippen LogP contribution in [0.4, 0.5) is 0 Å². The molecular formula is C34H51N7. The van der Waals surface area contributed by atoms with Crippen LogP contribution in [0.15, 0.2) is 65.7 Å². The van der Waals surface area contributed by atoms with Gasteiger partial charge in [-0.15, -0.1) is 0 Å². The molecule has 4 atom stereocenters. The smallest absolute Gasteiger partial charge is 0.194 e. The van der Waals surface area contributed by atoms with Crippen molar-refractivity contribution in [3.8, 4) is 0 Å². The molecule has 2 aromatic carbocycles. The van der Waals surface area contributed by atoms with Gasteiger partial charge in [-0.2, -0.15) is 0 Å². The van der Waals surface area contributed by atoms with E-state index >= 15 is 0 Å². The number of aliphatic imine (C=N–C) groups is 1. The first-order valence-electron chi connectivity index (χ1n) is 16.1. The number of nitrogens with one attached hydrogen (secondary N) is 1. The normalized spacial score (nSPS) is 24.0. The molecule has 0 radical (unpaired) electrons. The van der Waals surface area contributed by atoms with E-state index in [0.717, 1.165) is 83.8 Å². The molecule has 7 heteroatoms. The van der Waals surface area contributed by atoms with E-state index in [9.17, 15) is 5.41 Å². The van der Waals surface area contributed by atoms with Gasteiger partial charge < -0.3 is 20.4 Å². The number of unbranched alkanes of at least 4 members (excludes halogenated alkanes) is 1. The largest absolute Gasteiger partial charge is 0.370 e. The Hall–Kier alpha value is -3.06. The highest BCUT2D eigenvalue weighted by Crippen LogP contribution is 2.28. The number of nitrogens with zero attached hydrogens (tertiary/aromatic N) is 5. The zero-order chi connectivity index (χ0) is 28.6. The third-order valence-corrected chi connectivity index (χ3v) is 9.39. The first kappa shape index (κ1) is 29.4. The van der Waals surface area contributed by atoms with Crippen LogP contribution < -0.4 is 5.73 Å². The monoisotopic (exact) mass is 557 g/mol. The van der Waals surface area contributed by atoms with Gasteiger partial charge in [0.05, 0.1) is 18.6 Å². The molecule has 2 aromatic rings. The molecule has 222 valence electrons. The van der Waals surface area contributed by atoms with Gasteiger partial charge in [0, 0.05) is 38.3 Å². The maximum absolute atomic E-state index is 9.30. The fourth-order valence-corrected chi connectivity index (χ4v) is 7.15. The van der Waals surface area contributed by atoms with E-state index in [1.165, 1.54) is 24.0 Å². The second-order valence-electron chi connectivity index (χ2n) is 12.3. The first-order valence-corrected chi connectivity index (χ1v) is 16.1. The van der Waals surface area contributed by atoms with E-state index < -0.39 is 0 Å². The molecule has 3 heterocycles. The molecule has 4 unspecified atom stereocenters. The Morgan fingerprint density at radius 3 is 2.24 bits per heavy atom. The standard InChI is InChI=1S/C34H51N7/c1-3-5-20-39-32(22-28-16-10-7-11-17-28)26-41(34(39)36)30(13-4-2)24-38-19-12-18-29(38)25-40-31(23-37-33(40)35)21-27-14-8-6-9-15-27/h6-11,14-17,29-32,36H,3-5,12-13,18-26H2,1-2H3,(H2,35,37). The Balaban J connectivity index is 1.26. The van der Waals surface area contributed by atoms with Gasteiger partial charge >= 0.3 is 0 Å². The Labute approximate surface area is 247 Å². The van der Waals surface area contributed by atoms with E-state index in [0.29, 0.717) is 30.1 Å². The summed E-state index contributed by atoms with van der Waals surface area (Å²) in [5.41, 5.74) is 9.18. The Morgan fingerprint density at radius 2 is 1.59 bits per heavy atom. The summed E-state index contributed by atoms with van der Waals surface area (Å²) in [6, 6.07) is 23.1. The number of nitrogens with two attached hydrogens (primary N) is 1. The van der Waals surface area contributed by atoms with Gasteiger partial charge in [0.15, 0.2) is 11.9 Å². The highest BCUT2D eigenvalue weighted by Gasteiger charge is 2.40. The lowest BCUT2D eigenvalue weighted by atomic mass is 10.0. The predicted molar refractivity (Wildman–Crippen MR) is 170 cm³/mol. The molecule has 3 aliphatic heterocycles. The van der Waals surface area contributed by atoms with Crippen molar-refractivity contribution in [2.45, 2.75) is 89.4 Å². The average Bonchev–Trinajstić information content (AvgIpc) is 3.66. The van der Waals surface area contributed by atoms with Crippen molar-refractivity contribution < 1.29 is 0 Å².